The molecule has 5 nitrogen and oxygen atoms in total. The van der Waals surface area contributed by atoms with E-state index in [0.717, 1.165) is 50.9 Å². The van der Waals surface area contributed by atoms with Crippen LogP contribution in [0.2, 0.25) is 0 Å². The second kappa shape index (κ2) is 4.29. The standard InChI is InChI=1S/C12H20N4O/c1-2-12(5-6-13-9-12)10-14-11(15-17-10)16-7-3-4-8-16/h13H,2-9H2,1H3. The van der Waals surface area contributed by atoms with Crippen LogP contribution in [-0.2, 0) is 5.41 Å². The lowest BCUT2D eigenvalue weighted by Crippen LogP contribution is -2.28. The minimum absolute atomic E-state index is 0.0744. The van der Waals surface area contributed by atoms with Crippen molar-refractivity contribution in [3.05, 3.63) is 5.89 Å². The van der Waals surface area contributed by atoms with Gasteiger partial charge in [0, 0.05) is 19.6 Å². The number of nitrogens with one attached hydrogen (secondary N) is 1. The van der Waals surface area contributed by atoms with Crippen molar-refractivity contribution in [1.29, 1.82) is 0 Å². The molecule has 0 amide bonds. The van der Waals surface area contributed by atoms with Gasteiger partial charge in [-0.3, -0.25) is 0 Å². The van der Waals surface area contributed by atoms with Crippen LogP contribution in [-0.4, -0.2) is 36.3 Å². The van der Waals surface area contributed by atoms with Gasteiger partial charge >= 0.3 is 0 Å². The molecule has 5 heteroatoms. The van der Waals surface area contributed by atoms with Gasteiger partial charge in [-0.2, -0.15) is 4.98 Å². The quantitative estimate of drug-likeness (QED) is 0.857. The molecule has 17 heavy (non-hydrogen) atoms. The summed E-state index contributed by atoms with van der Waals surface area (Å²) in [6, 6.07) is 0. The Hall–Kier alpha value is -1.10. The van der Waals surface area contributed by atoms with Gasteiger partial charge in [0.05, 0.1) is 5.41 Å². The van der Waals surface area contributed by atoms with E-state index in [-0.39, 0.29) is 5.41 Å². The van der Waals surface area contributed by atoms with Gasteiger partial charge in [0.15, 0.2) is 0 Å². The van der Waals surface area contributed by atoms with E-state index in [1.54, 1.807) is 0 Å². The molecule has 2 fully saturated rings. The SMILES string of the molecule is CCC1(c2nc(N3CCCC3)no2)CCNC1. The number of nitrogens with zero attached hydrogens (tertiary/aromatic N) is 3. The summed E-state index contributed by atoms with van der Waals surface area (Å²) in [5, 5.41) is 7.55. The molecule has 2 aliphatic rings. The highest BCUT2D eigenvalue weighted by molar-refractivity contribution is 5.30. The number of aromatic nitrogens is 2. The molecule has 0 saturated carbocycles. The largest absolute Gasteiger partial charge is 0.338 e. The minimum Gasteiger partial charge on any atom is -0.338 e. The molecule has 1 aromatic rings. The number of hydrogen-bond acceptors (Lipinski definition) is 5. The van der Waals surface area contributed by atoms with Crippen molar-refractivity contribution in [2.75, 3.05) is 31.1 Å². The molecular formula is C12H20N4O. The number of hydrogen-bond donors (Lipinski definition) is 1. The molecule has 2 aliphatic heterocycles. The van der Waals surface area contributed by atoms with Gasteiger partial charge in [-0.05, 0) is 37.4 Å². The first-order valence-corrected chi connectivity index (χ1v) is 6.64. The first-order valence-electron chi connectivity index (χ1n) is 6.64. The highest BCUT2D eigenvalue weighted by Gasteiger charge is 2.39. The summed E-state index contributed by atoms with van der Waals surface area (Å²) in [6.07, 6.45) is 4.64. The summed E-state index contributed by atoms with van der Waals surface area (Å²) >= 11 is 0. The van der Waals surface area contributed by atoms with Gasteiger partial charge in [0.1, 0.15) is 0 Å². The summed E-state index contributed by atoms with van der Waals surface area (Å²) in [6.45, 7) is 6.35. The van der Waals surface area contributed by atoms with Crippen LogP contribution in [0.15, 0.2) is 4.52 Å². The van der Waals surface area contributed by atoms with Crippen LogP contribution < -0.4 is 10.2 Å². The van der Waals surface area contributed by atoms with E-state index in [4.69, 9.17) is 4.52 Å². The van der Waals surface area contributed by atoms with Crippen molar-refractivity contribution in [2.45, 2.75) is 38.0 Å². The lowest BCUT2D eigenvalue weighted by atomic mass is 9.84. The highest BCUT2D eigenvalue weighted by Crippen LogP contribution is 2.33. The summed E-state index contributed by atoms with van der Waals surface area (Å²) < 4.78 is 5.51. The third-order valence-corrected chi connectivity index (χ3v) is 4.18. The fourth-order valence-corrected chi connectivity index (χ4v) is 2.86. The van der Waals surface area contributed by atoms with Gasteiger partial charge in [-0.25, -0.2) is 0 Å². The predicted molar refractivity (Wildman–Crippen MR) is 65.2 cm³/mol. The van der Waals surface area contributed by atoms with E-state index >= 15 is 0 Å². The molecule has 0 bridgehead atoms. The summed E-state index contributed by atoms with van der Waals surface area (Å²) in [4.78, 5) is 6.85. The Kier molecular flexibility index (Phi) is 2.78. The van der Waals surface area contributed by atoms with Crippen LogP contribution in [0.4, 0.5) is 5.95 Å². The normalized spacial score (nSPS) is 29.1. The van der Waals surface area contributed by atoms with E-state index in [9.17, 15) is 0 Å². The van der Waals surface area contributed by atoms with Crippen molar-refractivity contribution >= 4 is 5.95 Å². The van der Waals surface area contributed by atoms with Crippen LogP contribution >= 0.6 is 0 Å². The van der Waals surface area contributed by atoms with Gasteiger partial charge < -0.3 is 14.7 Å². The zero-order valence-electron chi connectivity index (χ0n) is 10.4. The number of rotatable bonds is 3. The minimum atomic E-state index is 0.0744. The van der Waals surface area contributed by atoms with Crippen molar-refractivity contribution in [1.82, 2.24) is 15.5 Å². The van der Waals surface area contributed by atoms with Crippen molar-refractivity contribution < 1.29 is 4.52 Å². The molecule has 3 rings (SSSR count). The molecule has 0 aliphatic carbocycles. The van der Waals surface area contributed by atoms with Crippen molar-refractivity contribution in [3.63, 3.8) is 0 Å². The van der Waals surface area contributed by atoms with Crippen molar-refractivity contribution in [3.8, 4) is 0 Å². The van der Waals surface area contributed by atoms with Crippen LogP contribution in [0.5, 0.6) is 0 Å². The fraction of sp³-hybridized carbons (Fsp3) is 0.833. The van der Waals surface area contributed by atoms with Gasteiger partial charge in [-0.15, -0.1) is 0 Å². The summed E-state index contributed by atoms with van der Waals surface area (Å²) in [5.74, 6) is 1.61. The van der Waals surface area contributed by atoms with Gasteiger partial charge in [-0.1, -0.05) is 6.92 Å². The van der Waals surface area contributed by atoms with Crippen molar-refractivity contribution in [2.24, 2.45) is 0 Å². The maximum Gasteiger partial charge on any atom is 0.266 e. The zero-order chi connectivity index (χ0) is 11.7. The van der Waals surface area contributed by atoms with E-state index in [1.807, 2.05) is 0 Å². The Labute approximate surface area is 102 Å². The molecule has 0 aromatic carbocycles. The molecule has 1 N–H and O–H groups in total. The Morgan fingerprint density at radius 2 is 2.24 bits per heavy atom. The topological polar surface area (TPSA) is 54.2 Å². The Morgan fingerprint density at radius 3 is 2.88 bits per heavy atom. The maximum absolute atomic E-state index is 5.51. The molecule has 1 aromatic heterocycles. The molecule has 1 atom stereocenters. The number of anilines is 1. The van der Waals surface area contributed by atoms with E-state index in [2.05, 4.69) is 27.3 Å². The maximum atomic E-state index is 5.51. The predicted octanol–water partition coefficient (Wildman–Crippen LogP) is 1.31. The smallest absolute Gasteiger partial charge is 0.266 e. The Balaban J connectivity index is 1.83. The highest BCUT2D eigenvalue weighted by atomic mass is 16.5. The van der Waals surface area contributed by atoms with E-state index < -0.39 is 0 Å². The molecule has 0 radical (unpaired) electrons. The van der Waals surface area contributed by atoms with Crippen LogP contribution in [0.25, 0.3) is 0 Å². The Morgan fingerprint density at radius 1 is 1.41 bits per heavy atom. The summed E-state index contributed by atoms with van der Waals surface area (Å²) in [5.41, 5.74) is 0.0744. The molecular weight excluding hydrogens is 216 g/mol. The third kappa shape index (κ3) is 1.82. The second-order valence-electron chi connectivity index (χ2n) is 5.15. The molecule has 94 valence electrons. The lowest BCUT2D eigenvalue weighted by molar-refractivity contribution is 0.285. The van der Waals surface area contributed by atoms with Crippen LogP contribution in [0, 0.1) is 0 Å². The average molecular weight is 236 g/mol. The monoisotopic (exact) mass is 236 g/mol. The molecule has 1 unspecified atom stereocenters. The lowest BCUT2D eigenvalue weighted by Gasteiger charge is -2.21. The Bertz CT molecular complexity index is 378. The average Bonchev–Trinajstić information content (AvgIpc) is 3.10. The zero-order valence-corrected chi connectivity index (χ0v) is 10.4. The van der Waals surface area contributed by atoms with Gasteiger partial charge in [0.2, 0.25) is 5.89 Å². The molecule has 0 spiro atoms. The molecule has 3 heterocycles. The molecule has 2 saturated heterocycles. The summed E-state index contributed by atoms with van der Waals surface area (Å²) in [7, 11) is 0. The van der Waals surface area contributed by atoms with Gasteiger partial charge in [0.25, 0.3) is 5.95 Å². The first kappa shape index (κ1) is 11.0. The van der Waals surface area contributed by atoms with E-state index in [1.165, 1.54) is 12.8 Å². The fourth-order valence-electron chi connectivity index (χ4n) is 2.86. The van der Waals surface area contributed by atoms with Crippen LogP contribution in [0.1, 0.15) is 38.5 Å². The van der Waals surface area contributed by atoms with E-state index in [0.29, 0.717) is 0 Å². The third-order valence-electron chi connectivity index (χ3n) is 4.18. The second-order valence-corrected chi connectivity index (χ2v) is 5.15. The first-order chi connectivity index (χ1) is 8.34. The van der Waals surface area contributed by atoms with Crippen LogP contribution in [0.3, 0.4) is 0 Å².